The van der Waals surface area contributed by atoms with Crippen LogP contribution in [0.1, 0.15) is 0 Å². The second-order valence-electron chi connectivity index (χ2n) is 5.84. The van der Waals surface area contributed by atoms with Crippen molar-refractivity contribution in [3.8, 4) is 16.9 Å². The molecule has 0 atom stereocenters. The molecule has 0 fully saturated rings. The van der Waals surface area contributed by atoms with E-state index in [4.69, 9.17) is 16.3 Å². The van der Waals surface area contributed by atoms with E-state index in [9.17, 15) is 4.79 Å². The average Bonchev–Trinajstić information content (AvgIpc) is 2.69. The first kappa shape index (κ1) is 17.1. The Hall–Kier alpha value is -3.38. The predicted octanol–water partition coefficient (Wildman–Crippen LogP) is 4.39. The molecule has 0 aliphatic rings. The molecule has 0 aliphatic carbocycles. The molecule has 4 rings (SSSR count). The number of fused-ring (bicyclic) bond motifs is 1. The van der Waals surface area contributed by atoms with Crippen LogP contribution in [0, 0.1) is 0 Å². The normalized spacial score (nSPS) is 10.7. The van der Waals surface area contributed by atoms with E-state index < -0.39 is 0 Å². The van der Waals surface area contributed by atoms with Gasteiger partial charge in [-0.1, -0.05) is 23.7 Å². The van der Waals surface area contributed by atoms with Gasteiger partial charge in [-0.25, -0.2) is 4.98 Å². The molecule has 134 valence electrons. The van der Waals surface area contributed by atoms with E-state index in [1.807, 2.05) is 24.3 Å². The number of H-pyrrole nitrogens is 1. The van der Waals surface area contributed by atoms with Gasteiger partial charge in [0.05, 0.1) is 12.5 Å². The highest BCUT2D eigenvalue weighted by Crippen LogP contribution is 2.28. The zero-order valence-corrected chi connectivity index (χ0v) is 15.1. The number of nitrogens with zero attached hydrogens (tertiary/aromatic N) is 2. The van der Waals surface area contributed by atoms with Crippen LogP contribution in [0.15, 0.2) is 65.6 Å². The first-order valence-electron chi connectivity index (χ1n) is 8.20. The van der Waals surface area contributed by atoms with Crippen LogP contribution in [-0.2, 0) is 0 Å². The summed E-state index contributed by atoms with van der Waals surface area (Å²) in [6.07, 6.45) is 1.63. The Bertz CT molecular complexity index is 1170. The Morgan fingerprint density at radius 1 is 1.11 bits per heavy atom. The fourth-order valence-electron chi connectivity index (χ4n) is 2.82. The Balaban J connectivity index is 1.80. The fraction of sp³-hybridized carbons (Fsp3) is 0.0500. The molecule has 4 aromatic rings. The van der Waals surface area contributed by atoms with E-state index in [2.05, 4.69) is 20.3 Å². The van der Waals surface area contributed by atoms with Crippen molar-refractivity contribution in [2.24, 2.45) is 0 Å². The number of hydrogen-bond donors (Lipinski definition) is 2. The summed E-state index contributed by atoms with van der Waals surface area (Å²) in [6.45, 7) is 0. The van der Waals surface area contributed by atoms with Crippen molar-refractivity contribution in [3.63, 3.8) is 0 Å². The monoisotopic (exact) mass is 378 g/mol. The molecule has 0 radical (unpaired) electrons. The zero-order chi connectivity index (χ0) is 18.8. The number of nitrogens with one attached hydrogen (secondary N) is 2. The Morgan fingerprint density at radius 2 is 1.93 bits per heavy atom. The molecular weight excluding hydrogens is 364 g/mol. The number of aromatic nitrogens is 3. The van der Waals surface area contributed by atoms with E-state index in [0.29, 0.717) is 27.8 Å². The lowest BCUT2D eigenvalue weighted by molar-refractivity contribution is 0.415. The van der Waals surface area contributed by atoms with Crippen molar-refractivity contribution >= 4 is 34.3 Å². The minimum absolute atomic E-state index is 0.276. The highest BCUT2D eigenvalue weighted by molar-refractivity contribution is 6.30. The predicted molar refractivity (Wildman–Crippen MR) is 107 cm³/mol. The molecule has 0 aliphatic heterocycles. The van der Waals surface area contributed by atoms with Gasteiger partial charge >= 0.3 is 0 Å². The largest absolute Gasteiger partial charge is 0.497 e. The second-order valence-corrected chi connectivity index (χ2v) is 6.27. The number of pyridine rings is 1. The zero-order valence-electron chi connectivity index (χ0n) is 14.4. The van der Waals surface area contributed by atoms with Crippen LogP contribution in [-0.4, -0.2) is 22.1 Å². The number of rotatable bonds is 4. The summed E-state index contributed by atoms with van der Waals surface area (Å²) in [5, 5.41) is 4.11. The topological polar surface area (TPSA) is 79.9 Å². The molecule has 0 bridgehead atoms. The summed E-state index contributed by atoms with van der Waals surface area (Å²) >= 11 is 5.90. The molecular formula is C20H15ClN4O2. The number of halogens is 1. The summed E-state index contributed by atoms with van der Waals surface area (Å²) in [7, 11) is 1.60. The lowest BCUT2D eigenvalue weighted by Gasteiger charge is -2.09. The Morgan fingerprint density at radius 3 is 2.70 bits per heavy atom. The Kier molecular flexibility index (Phi) is 4.48. The third-order valence-electron chi connectivity index (χ3n) is 4.10. The van der Waals surface area contributed by atoms with Gasteiger partial charge in [0.25, 0.3) is 5.56 Å². The van der Waals surface area contributed by atoms with Crippen LogP contribution in [0.4, 0.5) is 11.6 Å². The summed E-state index contributed by atoms with van der Waals surface area (Å²) in [6, 6.07) is 16.4. The standard InChI is InChI=1S/C20H15ClN4O2/c1-27-15-4-2-3-12(11-15)16-9-10-22-18-17(16)19(26)25-20(24-18)23-14-7-5-13(21)6-8-14/h2-11H,1H3,(H2,22,23,24,25,26). The highest BCUT2D eigenvalue weighted by atomic mass is 35.5. The maximum atomic E-state index is 12.8. The van der Waals surface area contributed by atoms with Crippen molar-refractivity contribution < 1.29 is 4.74 Å². The van der Waals surface area contributed by atoms with Gasteiger partial charge in [0.15, 0.2) is 5.65 Å². The number of hydrogen-bond acceptors (Lipinski definition) is 5. The van der Waals surface area contributed by atoms with Gasteiger partial charge in [-0.3, -0.25) is 9.78 Å². The van der Waals surface area contributed by atoms with Crippen LogP contribution in [0.5, 0.6) is 5.75 Å². The summed E-state index contributed by atoms with van der Waals surface area (Å²) < 4.78 is 5.28. The Labute approximate surface area is 159 Å². The van der Waals surface area contributed by atoms with Crippen molar-refractivity contribution in [1.29, 1.82) is 0 Å². The van der Waals surface area contributed by atoms with E-state index in [-0.39, 0.29) is 5.56 Å². The van der Waals surface area contributed by atoms with E-state index >= 15 is 0 Å². The van der Waals surface area contributed by atoms with Crippen LogP contribution < -0.4 is 15.6 Å². The van der Waals surface area contributed by atoms with Gasteiger partial charge in [-0.2, -0.15) is 4.98 Å². The third-order valence-corrected chi connectivity index (χ3v) is 4.35. The van der Waals surface area contributed by atoms with Crippen LogP contribution >= 0.6 is 11.6 Å². The average molecular weight is 379 g/mol. The van der Waals surface area contributed by atoms with Crippen LogP contribution in [0.2, 0.25) is 5.02 Å². The second kappa shape index (κ2) is 7.09. The molecule has 0 unspecified atom stereocenters. The summed E-state index contributed by atoms with van der Waals surface area (Å²) in [5.74, 6) is 1.02. The first-order valence-corrected chi connectivity index (χ1v) is 8.58. The summed E-state index contributed by atoms with van der Waals surface area (Å²) in [5.41, 5.74) is 2.43. The number of benzene rings is 2. The van der Waals surface area contributed by atoms with Crippen molar-refractivity contribution in [2.45, 2.75) is 0 Å². The molecule has 0 spiro atoms. The molecule has 0 saturated carbocycles. The van der Waals surface area contributed by atoms with E-state index in [1.54, 1.807) is 43.6 Å². The van der Waals surface area contributed by atoms with E-state index in [0.717, 1.165) is 16.8 Å². The first-order chi connectivity index (χ1) is 13.1. The minimum Gasteiger partial charge on any atom is -0.497 e. The molecule has 27 heavy (non-hydrogen) atoms. The molecule has 2 N–H and O–H groups in total. The highest BCUT2D eigenvalue weighted by Gasteiger charge is 2.12. The summed E-state index contributed by atoms with van der Waals surface area (Å²) in [4.78, 5) is 24.2. The molecule has 2 heterocycles. The molecule has 0 saturated heterocycles. The number of aromatic amines is 1. The van der Waals surface area contributed by atoms with Crippen LogP contribution in [0.25, 0.3) is 22.2 Å². The lowest BCUT2D eigenvalue weighted by atomic mass is 10.0. The van der Waals surface area contributed by atoms with Gasteiger partial charge in [-0.15, -0.1) is 0 Å². The van der Waals surface area contributed by atoms with Gasteiger partial charge < -0.3 is 10.1 Å². The van der Waals surface area contributed by atoms with Crippen LogP contribution in [0.3, 0.4) is 0 Å². The van der Waals surface area contributed by atoms with Crippen molar-refractivity contribution in [1.82, 2.24) is 15.0 Å². The lowest BCUT2D eigenvalue weighted by Crippen LogP contribution is -2.13. The molecule has 2 aromatic carbocycles. The fourth-order valence-corrected chi connectivity index (χ4v) is 2.95. The minimum atomic E-state index is -0.276. The quantitative estimate of drug-likeness (QED) is 0.550. The SMILES string of the molecule is COc1cccc(-c2ccnc3nc(Nc4ccc(Cl)cc4)[nH]c(=O)c23)c1. The third kappa shape index (κ3) is 3.47. The van der Waals surface area contributed by atoms with Gasteiger partial charge in [0.1, 0.15) is 5.75 Å². The van der Waals surface area contributed by atoms with Gasteiger partial charge in [-0.05, 0) is 53.6 Å². The van der Waals surface area contributed by atoms with Crippen molar-refractivity contribution in [2.75, 3.05) is 12.4 Å². The number of anilines is 2. The maximum absolute atomic E-state index is 12.8. The smallest absolute Gasteiger partial charge is 0.262 e. The molecule has 7 heteroatoms. The number of ether oxygens (including phenoxy) is 1. The van der Waals surface area contributed by atoms with Crippen molar-refractivity contribution in [3.05, 3.63) is 76.2 Å². The molecule has 2 aromatic heterocycles. The maximum Gasteiger partial charge on any atom is 0.262 e. The van der Waals surface area contributed by atoms with Gasteiger partial charge in [0.2, 0.25) is 5.95 Å². The molecule has 0 amide bonds. The van der Waals surface area contributed by atoms with Gasteiger partial charge in [0, 0.05) is 16.9 Å². The molecule has 6 nitrogen and oxygen atoms in total. The number of methoxy groups -OCH3 is 1. The van der Waals surface area contributed by atoms with E-state index in [1.165, 1.54) is 0 Å².